The van der Waals surface area contributed by atoms with Crippen molar-refractivity contribution < 1.29 is 4.79 Å². The highest BCUT2D eigenvalue weighted by Crippen LogP contribution is 2.27. The molecule has 6 N–H and O–H groups in total. The average Bonchev–Trinajstić information content (AvgIpc) is 3.19. The van der Waals surface area contributed by atoms with Crippen LogP contribution in [0.3, 0.4) is 0 Å². The zero-order chi connectivity index (χ0) is 20.2. The molecule has 2 heterocycles. The maximum absolute atomic E-state index is 11.8. The van der Waals surface area contributed by atoms with Crippen LogP contribution in [0.15, 0.2) is 35.7 Å². The monoisotopic (exact) mass is 410 g/mol. The Kier molecular flexibility index (Phi) is 5.63. The first-order valence-electron chi connectivity index (χ1n) is 9.45. The van der Waals surface area contributed by atoms with Crippen LogP contribution in [-0.2, 0) is 0 Å². The maximum atomic E-state index is 11.8. The normalized spacial score (nSPS) is 18.9. The largest absolute Gasteiger partial charge is 0.364 e. The van der Waals surface area contributed by atoms with Gasteiger partial charge in [0, 0.05) is 23.0 Å². The number of rotatable bonds is 6. The van der Waals surface area contributed by atoms with E-state index in [0.29, 0.717) is 11.1 Å². The number of nitrogens with zero attached hydrogens (tertiary/aromatic N) is 4. The molecular formula is C19H22N8OS. The summed E-state index contributed by atoms with van der Waals surface area (Å²) in [6.45, 7) is 0. The summed E-state index contributed by atoms with van der Waals surface area (Å²) in [5.41, 5.74) is 13.4. The van der Waals surface area contributed by atoms with Crippen molar-refractivity contribution in [2.45, 2.75) is 37.8 Å². The Hall–Kier alpha value is -3.11. The predicted octanol–water partition coefficient (Wildman–Crippen LogP) is 2.52. The Morgan fingerprint density at radius 1 is 1.10 bits per heavy atom. The van der Waals surface area contributed by atoms with E-state index < -0.39 is 5.91 Å². The first-order chi connectivity index (χ1) is 14.1. The van der Waals surface area contributed by atoms with E-state index in [1.165, 1.54) is 11.3 Å². The van der Waals surface area contributed by atoms with Crippen molar-refractivity contribution in [1.82, 2.24) is 20.2 Å². The number of carbonyl (C=O) groups excluding carboxylic acids is 1. The fourth-order valence-corrected chi connectivity index (χ4v) is 4.04. The molecule has 1 saturated carbocycles. The number of carbonyl (C=O) groups is 1. The van der Waals surface area contributed by atoms with Crippen LogP contribution in [0.2, 0.25) is 0 Å². The van der Waals surface area contributed by atoms with Gasteiger partial charge in [-0.2, -0.15) is 4.98 Å². The van der Waals surface area contributed by atoms with Gasteiger partial charge in [0.1, 0.15) is 0 Å². The predicted molar refractivity (Wildman–Crippen MR) is 113 cm³/mol. The standard InChI is InChI=1S/C19H22N8OS/c20-12-8-4-5-9-13(12)22-18-24-17(15(16(21)28)26-27-18)25-19-23-14(10-29-19)11-6-2-1-3-7-11/h1-3,6-7,10,12-13H,4-5,8-9,20H2,(H2,21,28)(H2,22,23,24,25,27)/t12-,13+/m0/s1. The minimum absolute atomic E-state index is 0.0342. The zero-order valence-corrected chi connectivity index (χ0v) is 16.5. The number of primary amides is 1. The number of hydrogen-bond donors (Lipinski definition) is 4. The highest BCUT2D eigenvalue weighted by atomic mass is 32.1. The van der Waals surface area contributed by atoms with Gasteiger partial charge in [-0.3, -0.25) is 4.79 Å². The third kappa shape index (κ3) is 4.49. The number of anilines is 3. The lowest BCUT2D eigenvalue weighted by molar-refractivity contribution is 0.0995. The number of benzene rings is 1. The highest BCUT2D eigenvalue weighted by Gasteiger charge is 2.23. The topological polar surface area (TPSA) is 145 Å². The molecular weight excluding hydrogens is 388 g/mol. The van der Waals surface area contributed by atoms with E-state index in [1.54, 1.807) is 0 Å². The van der Waals surface area contributed by atoms with Crippen molar-refractivity contribution in [2.24, 2.45) is 11.5 Å². The van der Waals surface area contributed by atoms with Crippen LogP contribution in [0.4, 0.5) is 16.9 Å². The number of nitrogens with one attached hydrogen (secondary N) is 2. The van der Waals surface area contributed by atoms with E-state index in [1.807, 2.05) is 35.7 Å². The molecule has 29 heavy (non-hydrogen) atoms. The molecule has 3 aromatic rings. The molecule has 4 rings (SSSR count). The molecule has 1 fully saturated rings. The molecule has 0 unspecified atom stereocenters. The van der Waals surface area contributed by atoms with Crippen molar-refractivity contribution >= 4 is 34.1 Å². The summed E-state index contributed by atoms with van der Waals surface area (Å²) < 4.78 is 0. The summed E-state index contributed by atoms with van der Waals surface area (Å²) in [7, 11) is 0. The molecule has 1 aliphatic carbocycles. The molecule has 0 spiro atoms. The van der Waals surface area contributed by atoms with E-state index in [4.69, 9.17) is 11.5 Å². The minimum Gasteiger partial charge on any atom is -0.364 e. The lowest BCUT2D eigenvalue weighted by Crippen LogP contribution is -2.43. The van der Waals surface area contributed by atoms with Gasteiger partial charge in [-0.25, -0.2) is 4.98 Å². The Morgan fingerprint density at radius 2 is 1.90 bits per heavy atom. The van der Waals surface area contributed by atoms with Gasteiger partial charge >= 0.3 is 0 Å². The lowest BCUT2D eigenvalue weighted by atomic mass is 9.91. The Morgan fingerprint density at radius 3 is 2.66 bits per heavy atom. The second-order valence-electron chi connectivity index (χ2n) is 6.92. The van der Waals surface area contributed by atoms with Gasteiger partial charge in [0.15, 0.2) is 16.6 Å². The number of hydrogen-bond acceptors (Lipinski definition) is 9. The molecule has 0 bridgehead atoms. The molecule has 2 aromatic heterocycles. The number of amides is 1. The molecule has 0 saturated heterocycles. The zero-order valence-electron chi connectivity index (χ0n) is 15.7. The van der Waals surface area contributed by atoms with Crippen molar-refractivity contribution in [3.05, 3.63) is 41.4 Å². The minimum atomic E-state index is -0.715. The Balaban J connectivity index is 1.57. The molecule has 10 heteroatoms. The number of nitrogens with two attached hydrogens (primary N) is 2. The lowest BCUT2D eigenvalue weighted by Gasteiger charge is -2.29. The van der Waals surface area contributed by atoms with Crippen LogP contribution in [0.5, 0.6) is 0 Å². The van der Waals surface area contributed by atoms with E-state index in [9.17, 15) is 4.79 Å². The van der Waals surface area contributed by atoms with Crippen LogP contribution >= 0.6 is 11.3 Å². The quantitative estimate of drug-likeness (QED) is 0.485. The van der Waals surface area contributed by atoms with Gasteiger partial charge in [0.25, 0.3) is 5.91 Å². The summed E-state index contributed by atoms with van der Waals surface area (Å²) >= 11 is 1.40. The number of aromatic nitrogens is 4. The van der Waals surface area contributed by atoms with Crippen molar-refractivity contribution in [3.63, 3.8) is 0 Å². The van der Waals surface area contributed by atoms with Gasteiger partial charge in [0.05, 0.1) is 5.69 Å². The van der Waals surface area contributed by atoms with Crippen LogP contribution in [0.1, 0.15) is 36.2 Å². The van der Waals surface area contributed by atoms with Gasteiger partial charge < -0.3 is 22.1 Å². The van der Waals surface area contributed by atoms with Crippen LogP contribution in [0.25, 0.3) is 11.3 Å². The molecule has 0 radical (unpaired) electrons. The summed E-state index contributed by atoms with van der Waals surface area (Å²) in [6, 6.07) is 9.93. The van der Waals surface area contributed by atoms with Crippen LogP contribution in [0, 0.1) is 0 Å². The first-order valence-corrected chi connectivity index (χ1v) is 10.3. The fraction of sp³-hybridized carbons (Fsp3) is 0.316. The summed E-state index contributed by atoms with van der Waals surface area (Å²) in [5.74, 6) is -0.193. The van der Waals surface area contributed by atoms with E-state index in [2.05, 4.69) is 30.8 Å². The van der Waals surface area contributed by atoms with Gasteiger partial charge in [-0.1, -0.05) is 43.2 Å². The first kappa shape index (κ1) is 19.2. The van der Waals surface area contributed by atoms with Gasteiger partial charge in [-0.15, -0.1) is 21.5 Å². The molecule has 1 aliphatic rings. The molecule has 1 amide bonds. The second kappa shape index (κ2) is 8.50. The van der Waals surface area contributed by atoms with Crippen molar-refractivity contribution in [1.29, 1.82) is 0 Å². The molecule has 0 aliphatic heterocycles. The van der Waals surface area contributed by atoms with Crippen molar-refractivity contribution in [2.75, 3.05) is 10.6 Å². The third-order valence-corrected chi connectivity index (χ3v) is 5.61. The van der Waals surface area contributed by atoms with E-state index in [-0.39, 0.29) is 23.6 Å². The molecule has 2 atom stereocenters. The summed E-state index contributed by atoms with van der Waals surface area (Å²) in [4.78, 5) is 20.7. The average molecular weight is 411 g/mol. The smallest absolute Gasteiger partial charge is 0.273 e. The van der Waals surface area contributed by atoms with Gasteiger partial charge in [-0.05, 0) is 12.8 Å². The van der Waals surface area contributed by atoms with Gasteiger partial charge in [0.2, 0.25) is 5.95 Å². The summed E-state index contributed by atoms with van der Waals surface area (Å²) in [6.07, 6.45) is 4.12. The SMILES string of the molecule is NC(=O)c1nnc(N[C@@H]2CCCC[C@@H]2N)nc1Nc1nc(-c2ccccc2)cs1. The maximum Gasteiger partial charge on any atom is 0.273 e. The molecule has 150 valence electrons. The van der Waals surface area contributed by atoms with Crippen LogP contribution in [-0.4, -0.2) is 38.2 Å². The highest BCUT2D eigenvalue weighted by molar-refractivity contribution is 7.14. The van der Waals surface area contributed by atoms with Crippen molar-refractivity contribution in [3.8, 4) is 11.3 Å². The molecule has 1 aromatic carbocycles. The third-order valence-electron chi connectivity index (χ3n) is 4.85. The number of thiazole rings is 1. The second-order valence-corrected chi connectivity index (χ2v) is 7.78. The van der Waals surface area contributed by atoms with E-state index in [0.717, 1.165) is 36.9 Å². The Labute approximate surface area is 172 Å². The molecule has 9 nitrogen and oxygen atoms in total. The fourth-order valence-electron chi connectivity index (χ4n) is 3.32. The van der Waals surface area contributed by atoms with E-state index >= 15 is 0 Å². The van der Waals surface area contributed by atoms with Crippen LogP contribution < -0.4 is 22.1 Å². The Bertz CT molecular complexity index is 993. The summed E-state index contributed by atoms with van der Waals surface area (Å²) in [5, 5.41) is 16.7.